The first kappa shape index (κ1) is 19.2. The predicted molar refractivity (Wildman–Crippen MR) is 94.2 cm³/mol. The number of nitrogens with one attached hydrogen (secondary N) is 1. The van der Waals surface area contributed by atoms with Gasteiger partial charge in [-0.2, -0.15) is 0 Å². The van der Waals surface area contributed by atoms with E-state index in [1.165, 1.54) is 0 Å². The van der Waals surface area contributed by atoms with E-state index in [4.69, 9.17) is 4.74 Å². The van der Waals surface area contributed by atoms with Crippen LogP contribution in [0.15, 0.2) is 29.2 Å². The van der Waals surface area contributed by atoms with Crippen molar-refractivity contribution in [1.82, 2.24) is 10.2 Å². The molecule has 136 valence electrons. The summed E-state index contributed by atoms with van der Waals surface area (Å²) in [5.74, 6) is 0.747. The SMILES string of the molecule is CCCCS(=O)(=O)c1ccc(OCC(O)CN2CCNCC2)cc1. The molecule has 7 heteroatoms. The van der Waals surface area contributed by atoms with Crippen molar-refractivity contribution in [1.29, 1.82) is 0 Å². The molecule has 2 rings (SSSR count). The van der Waals surface area contributed by atoms with Gasteiger partial charge in [-0.05, 0) is 30.7 Å². The van der Waals surface area contributed by atoms with Gasteiger partial charge in [0.15, 0.2) is 9.84 Å². The molecule has 2 N–H and O–H groups in total. The number of benzene rings is 1. The topological polar surface area (TPSA) is 78.9 Å². The van der Waals surface area contributed by atoms with Gasteiger partial charge >= 0.3 is 0 Å². The summed E-state index contributed by atoms with van der Waals surface area (Å²) in [7, 11) is -3.21. The van der Waals surface area contributed by atoms with Crippen LogP contribution >= 0.6 is 0 Å². The summed E-state index contributed by atoms with van der Waals surface area (Å²) in [5, 5.41) is 13.3. The van der Waals surface area contributed by atoms with Crippen LogP contribution in [0.1, 0.15) is 19.8 Å². The molecule has 1 unspecified atom stereocenters. The minimum absolute atomic E-state index is 0.174. The van der Waals surface area contributed by atoms with Crippen LogP contribution in [0.3, 0.4) is 0 Å². The zero-order valence-corrected chi connectivity index (χ0v) is 15.1. The van der Waals surface area contributed by atoms with Gasteiger partial charge in [0.25, 0.3) is 0 Å². The summed E-state index contributed by atoms with van der Waals surface area (Å²) in [4.78, 5) is 2.53. The molecule has 1 fully saturated rings. The fourth-order valence-electron chi connectivity index (χ4n) is 2.63. The predicted octanol–water partition coefficient (Wildman–Crippen LogP) is 0.905. The van der Waals surface area contributed by atoms with Gasteiger partial charge in [0, 0.05) is 32.7 Å². The summed E-state index contributed by atoms with van der Waals surface area (Å²) in [6.07, 6.45) is 0.959. The van der Waals surface area contributed by atoms with Gasteiger partial charge in [-0.3, -0.25) is 4.90 Å². The lowest BCUT2D eigenvalue weighted by Crippen LogP contribution is -2.47. The quantitative estimate of drug-likeness (QED) is 0.685. The first-order valence-corrected chi connectivity index (χ1v) is 10.2. The maximum absolute atomic E-state index is 12.1. The van der Waals surface area contributed by atoms with Crippen LogP contribution in [0.4, 0.5) is 0 Å². The number of hydrogen-bond acceptors (Lipinski definition) is 6. The molecule has 0 saturated carbocycles. The molecular weight excluding hydrogens is 328 g/mol. The van der Waals surface area contributed by atoms with Gasteiger partial charge in [-0.1, -0.05) is 13.3 Å². The second kappa shape index (κ2) is 9.36. The fourth-order valence-corrected chi connectivity index (χ4v) is 4.09. The molecule has 1 heterocycles. The molecule has 1 aromatic carbocycles. The number of β-amino-alcohol motifs (C(OH)–C–C–N with tert-alkyl or cyclic N) is 1. The van der Waals surface area contributed by atoms with Gasteiger partial charge in [-0.25, -0.2) is 8.42 Å². The third-order valence-corrected chi connectivity index (χ3v) is 5.89. The van der Waals surface area contributed by atoms with Crippen molar-refractivity contribution in [2.24, 2.45) is 0 Å². The lowest BCUT2D eigenvalue weighted by atomic mass is 10.3. The fraction of sp³-hybridized carbons (Fsp3) is 0.647. The van der Waals surface area contributed by atoms with Crippen molar-refractivity contribution in [2.75, 3.05) is 45.1 Å². The molecule has 0 aromatic heterocycles. The number of sulfone groups is 1. The van der Waals surface area contributed by atoms with E-state index in [9.17, 15) is 13.5 Å². The molecule has 0 radical (unpaired) electrons. The molecule has 6 nitrogen and oxygen atoms in total. The van der Waals surface area contributed by atoms with Crippen molar-refractivity contribution in [3.05, 3.63) is 24.3 Å². The van der Waals surface area contributed by atoms with E-state index in [2.05, 4.69) is 10.2 Å². The van der Waals surface area contributed by atoms with E-state index < -0.39 is 15.9 Å². The summed E-state index contributed by atoms with van der Waals surface area (Å²) in [5.41, 5.74) is 0. The maximum Gasteiger partial charge on any atom is 0.178 e. The number of ether oxygens (including phenoxy) is 1. The summed E-state index contributed by atoms with van der Waals surface area (Å²) >= 11 is 0. The lowest BCUT2D eigenvalue weighted by Gasteiger charge is -2.29. The Balaban J connectivity index is 1.80. The smallest absolute Gasteiger partial charge is 0.178 e. The second-order valence-corrected chi connectivity index (χ2v) is 8.27. The zero-order valence-electron chi connectivity index (χ0n) is 14.3. The summed E-state index contributed by atoms with van der Waals surface area (Å²) in [6.45, 7) is 6.51. The Hall–Kier alpha value is -1.15. The average Bonchev–Trinajstić information content (AvgIpc) is 2.59. The standard InChI is InChI=1S/C17H28N2O4S/c1-2-3-12-24(21,22)17-6-4-16(5-7-17)23-14-15(20)13-19-10-8-18-9-11-19/h4-7,15,18,20H,2-3,8-14H2,1H3. The molecule has 24 heavy (non-hydrogen) atoms. The van der Waals surface area contributed by atoms with Crippen LogP contribution in [-0.4, -0.2) is 69.6 Å². The van der Waals surface area contributed by atoms with Gasteiger partial charge in [0.05, 0.1) is 10.6 Å². The molecule has 1 aromatic rings. The number of piperazine rings is 1. The van der Waals surface area contributed by atoms with Gasteiger partial charge in [0.1, 0.15) is 18.5 Å². The molecule has 1 atom stereocenters. The Morgan fingerprint density at radius 2 is 1.92 bits per heavy atom. The highest BCUT2D eigenvalue weighted by molar-refractivity contribution is 7.91. The van der Waals surface area contributed by atoms with E-state index in [0.717, 1.165) is 32.6 Å². The number of hydrogen-bond donors (Lipinski definition) is 2. The Labute approximate surface area is 144 Å². The third kappa shape index (κ3) is 6.05. The Kier molecular flexibility index (Phi) is 7.48. The Morgan fingerprint density at radius 3 is 2.54 bits per heavy atom. The summed E-state index contributed by atoms with van der Waals surface area (Å²) < 4.78 is 29.8. The molecule has 0 spiro atoms. The number of rotatable bonds is 9. The van der Waals surface area contributed by atoms with E-state index in [1.54, 1.807) is 24.3 Å². The molecule has 0 bridgehead atoms. The lowest BCUT2D eigenvalue weighted by molar-refractivity contribution is 0.0641. The number of aliphatic hydroxyl groups excluding tert-OH is 1. The second-order valence-electron chi connectivity index (χ2n) is 6.16. The normalized spacial score (nSPS) is 17.6. The highest BCUT2D eigenvalue weighted by atomic mass is 32.2. The Morgan fingerprint density at radius 1 is 1.25 bits per heavy atom. The van der Waals surface area contributed by atoms with Crippen molar-refractivity contribution < 1.29 is 18.3 Å². The highest BCUT2D eigenvalue weighted by Crippen LogP contribution is 2.18. The van der Waals surface area contributed by atoms with Crippen LogP contribution in [0.2, 0.25) is 0 Å². The number of unbranched alkanes of at least 4 members (excludes halogenated alkanes) is 1. The van der Waals surface area contributed by atoms with Crippen LogP contribution in [0.25, 0.3) is 0 Å². The van der Waals surface area contributed by atoms with Crippen LogP contribution in [0.5, 0.6) is 5.75 Å². The van der Waals surface area contributed by atoms with Crippen molar-refractivity contribution in [3.8, 4) is 5.75 Å². The van der Waals surface area contributed by atoms with Gasteiger partial charge in [-0.15, -0.1) is 0 Å². The van der Waals surface area contributed by atoms with E-state index in [1.807, 2.05) is 6.92 Å². The van der Waals surface area contributed by atoms with Gasteiger partial charge in [0.2, 0.25) is 0 Å². The van der Waals surface area contributed by atoms with E-state index in [-0.39, 0.29) is 12.4 Å². The monoisotopic (exact) mass is 356 g/mol. The van der Waals surface area contributed by atoms with Gasteiger partial charge < -0.3 is 15.2 Å². The van der Waals surface area contributed by atoms with Crippen LogP contribution in [0, 0.1) is 0 Å². The molecule has 0 amide bonds. The highest BCUT2D eigenvalue weighted by Gasteiger charge is 2.16. The van der Waals surface area contributed by atoms with Crippen molar-refractivity contribution in [2.45, 2.75) is 30.8 Å². The first-order valence-electron chi connectivity index (χ1n) is 8.58. The third-order valence-electron chi connectivity index (χ3n) is 4.07. The molecule has 1 saturated heterocycles. The maximum atomic E-state index is 12.1. The Bertz CT molecular complexity index is 583. The van der Waals surface area contributed by atoms with E-state index >= 15 is 0 Å². The van der Waals surface area contributed by atoms with Crippen LogP contribution in [-0.2, 0) is 9.84 Å². The van der Waals surface area contributed by atoms with Crippen molar-refractivity contribution >= 4 is 9.84 Å². The molecular formula is C17H28N2O4S. The zero-order chi connectivity index (χ0) is 17.4. The van der Waals surface area contributed by atoms with E-state index in [0.29, 0.717) is 23.6 Å². The minimum Gasteiger partial charge on any atom is -0.491 e. The number of aliphatic hydroxyl groups is 1. The van der Waals surface area contributed by atoms with Crippen LogP contribution < -0.4 is 10.1 Å². The summed E-state index contributed by atoms with van der Waals surface area (Å²) in [6, 6.07) is 6.44. The van der Waals surface area contributed by atoms with Crippen molar-refractivity contribution in [3.63, 3.8) is 0 Å². The molecule has 1 aliphatic heterocycles. The largest absolute Gasteiger partial charge is 0.491 e. The minimum atomic E-state index is -3.21. The number of nitrogens with zero attached hydrogens (tertiary/aromatic N) is 1. The molecule has 1 aliphatic rings. The molecule has 0 aliphatic carbocycles. The first-order chi connectivity index (χ1) is 11.5. The average molecular weight is 356 g/mol.